The highest BCUT2D eigenvalue weighted by Crippen LogP contribution is 2.40. The van der Waals surface area contributed by atoms with Crippen molar-refractivity contribution in [2.75, 3.05) is 26.3 Å². The highest BCUT2D eigenvalue weighted by atomic mass is 16.5. The largest absolute Gasteiger partial charge is 0.464 e. The molecule has 7 N–H and O–H groups in total. The van der Waals surface area contributed by atoms with Crippen LogP contribution in [0.4, 0.5) is 0 Å². The highest BCUT2D eigenvalue weighted by Gasteiger charge is 2.38. The summed E-state index contributed by atoms with van der Waals surface area (Å²) < 4.78 is 10.1. The number of amidine groups is 1. The topological polar surface area (TPSA) is 170 Å². The molecule has 0 spiro atoms. The summed E-state index contributed by atoms with van der Waals surface area (Å²) in [4.78, 5) is 35.3. The van der Waals surface area contributed by atoms with E-state index in [4.69, 9.17) is 21.1 Å². The van der Waals surface area contributed by atoms with Gasteiger partial charge >= 0.3 is 11.9 Å². The smallest absolute Gasteiger partial charge is 0.330 e. The lowest BCUT2D eigenvalue weighted by Crippen LogP contribution is -2.50. The number of nitrogens with one attached hydrogen (secondary N) is 3. The molecule has 4 unspecified atom stereocenters. The maximum atomic E-state index is 12.5. The minimum absolute atomic E-state index is 0.226. The summed E-state index contributed by atoms with van der Waals surface area (Å²) in [6, 6.07) is -0.292. The zero-order valence-corrected chi connectivity index (χ0v) is 19.4. The molecule has 2 fully saturated rings. The number of carbonyl (C=O) groups excluding carboxylic acids is 3. The molecule has 1 saturated heterocycles. The van der Waals surface area contributed by atoms with Gasteiger partial charge in [-0.1, -0.05) is 6.42 Å². The summed E-state index contributed by atoms with van der Waals surface area (Å²) in [6.07, 6.45) is 8.58. The number of fused-ring (bicyclic) bond motifs is 1. The van der Waals surface area contributed by atoms with Crippen LogP contribution >= 0.6 is 0 Å². The van der Waals surface area contributed by atoms with Gasteiger partial charge in [0.15, 0.2) is 0 Å². The number of rotatable bonds is 12. The molecule has 0 aromatic carbocycles. The first-order chi connectivity index (χ1) is 15.9. The lowest BCUT2D eigenvalue weighted by Gasteiger charge is -2.42. The summed E-state index contributed by atoms with van der Waals surface area (Å²) in [6.45, 7) is 3.35. The van der Waals surface area contributed by atoms with E-state index in [1.807, 2.05) is 0 Å². The normalized spacial score (nSPS) is 25.2. The van der Waals surface area contributed by atoms with E-state index in [-0.39, 0.29) is 25.2 Å². The molecule has 33 heavy (non-hydrogen) atoms. The van der Waals surface area contributed by atoms with E-state index in [1.165, 1.54) is 6.42 Å². The maximum absolute atomic E-state index is 12.5. The van der Waals surface area contributed by atoms with E-state index < -0.39 is 11.9 Å². The van der Waals surface area contributed by atoms with Crippen molar-refractivity contribution in [3.63, 3.8) is 0 Å². The number of esters is 2. The van der Waals surface area contributed by atoms with Gasteiger partial charge in [-0.25, -0.2) is 16.2 Å². The fourth-order valence-electron chi connectivity index (χ4n) is 4.54. The van der Waals surface area contributed by atoms with Gasteiger partial charge in [-0.2, -0.15) is 5.10 Å². The first-order valence-electron chi connectivity index (χ1n) is 11.7. The Morgan fingerprint density at radius 1 is 1.15 bits per heavy atom. The Kier molecular flexibility index (Phi) is 11.7. The second kappa shape index (κ2) is 14.5. The third-order valence-corrected chi connectivity index (χ3v) is 6.24. The van der Waals surface area contributed by atoms with Gasteiger partial charge in [-0.05, 0) is 63.3 Å². The third-order valence-electron chi connectivity index (χ3n) is 6.24. The summed E-state index contributed by atoms with van der Waals surface area (Å²) in [7, 11) is 0. The van der Waals surface area contributed by atoms with Gasteiger partial charge in [-0.3, -0.25) is 9.59 Å². The monoisotopic (exact) mass is 466 g/mol. The van der Waals surface area contributed by atoms with Crippen molar-refractivity contribution in [2.24, 2.45) is 34.4 Å². The van der Waals surface area contributed by atoms with E-state index in [0.717, 1.165) is 44.4 Å². The first-order valence-corrected chi connectivity index (χ1v) is 11.7. The molecule has 0 aromatic rings. The molecule has 11 heteroatoms. The second-order valence-corrected chi connectivity index (χ2v) is 8.56. The second-order valence-electron chi connectivity index (χ2n) is 8.56. The zero-order chi connectivity index (χ0) is 24.1. The molecule has 1 amide bonds. The van der Waals surface area contributed by atoms with Crippen LogP contribution in [-0.4, -0.2) is 56.0 Å². The molecular formula is C22H38N6O5. The molecular weight excluding hydrogens is 428 g/mol. The molecule has 0 bridgehead atoms. The van der Waals surface area contributed by atoms with Gasteiger partial charge < -0.3 is 25.8 Å². The van der Waals surface area contributed by atoms with Crippen molar-refractivity contribution in [3.05, 3.63) is 12.2 Å². The molecule has 0 aromatic heterocycles. The number of nitrogens with zero attached hydrogens (tertiary/aromatic N) is 1. The molecule has 1 aliphatic carbocycles. The van der Waals surface area contributed by atoms with Crippen molar-refractivity contribution in [1.82, 2.24) is 16.2 Å². The SMILES string of the molecule is CCOC(=O)/C=C/C(=O)NCCCOC(=O)C1CC2CC(CC/C(N)=N/NN)CCC2CN1. The predicted molar refractivity (Wildman–Crippen MR) is 123 cm³/mol. The number of hydrazine groups is 1. The summed E-state index contributed by atoms with van der Waals surface area (Å²) in [5.41, 5.74) is 8.03. The van der Waals surface area contributed by atoms with Crippen LogP contribution in [0.1, 0.15) is 51.9 Å². The van der Waals surface area contributed by atoms with Crippen molar-refractivity contribution in [2.45, 2.75) is 57.9 Å². The molecule has 0 radical (unpaired) electrons. The predicted octanol–water partition coefficient (Wildman–Crippen LogP) is 0.0653. The molecule has 1 aliphatic heterocycles. The number of hydrazone groups is 1. The summed E-state index contributed by atoms with van der Waals surface area (Å²) in [5.74, 6) is 6.15. The highest BCUT2D eigenvalue weighted by molar-refractivity contribution is 5.94. The fourth-order valence-corrected chi connectivity index (χ4v) is 4.54. The number of nitrogens with two attached hydrogens (primary N) is 2. The van der Waals surface area contributed by atoms with Gasteiger partial charge in [0.05, 0.1) is 13.2 Å². The van der Waals surface area contributed by atoms with E-state index >= 15 is 0 Å². The van der Waals surface area contributed by atoms with Crippen molar-refractivity contribution >= 4 is 23.7 Å². The van der Waals surface area contributed by atoms with Crippen LogP contribution in [0.3, 0.4) is 0 Å². The Morgan fingerprint density at radius 2 is 1.97 bits per heavy atom. The van der Waals surface area contributed by atoms with Crippen LogP contribution in [0.5, 0.6) is 0 Å². The van der Waals surface area contributed by atoms with Crippen LogP contribution in [0.2, 0.25) is 0 Å². The number of piperidine rings is 1. The Morgan fingerprint density at radius 3 is 2.73 bits per heavy atom. The van der Waals surface area contributed by atoms with Gasteiger partial charge in [0.25, 0.3) is 0 Å². The molecule has 2 aliphatic rings. The van der Waals surface area contributed by atoms with Crippen LogP contribution < -0.4 is 27.7 Å². The van der Waals surface area contributed by atoms with Crippen molar-refractivity contribution < 1.29 is 23.9 Å². The van der Waals surface area contributed by atoms with Gasteiger partial charge in [0, 0.05) is 25.1 Å². The molecule has 2 rings (SSSR count). The lowest BCUT2D eigenvalue weighted by atomic mass is 9.69. The van der Waals surface area contributed by atoms with Gasteiger partial charge in [0.2, 0.25) is 5.91 Å². The Bertz CT molecular complexity index is 713. The van der Waals surface area contributed by atoms with Crippen molar-refractivity contribution in [3.8, 4) is 0 Å². The van der Waals surface area contributed by atoms with Crippen molar-refractivity contribution in [1.29, 1.82) is 0 Å². The maximum Gasteiger partial charge on any atom is 0.330 e. The Labute approximate surface area is 195 Å². The van der Waals surface area contributed by atoms with E-state index in [9.17, 15) is 14.4 Å². The minimum Gasteiger partial charge on any atom is -0.464 e. The van der Waals surface area contributed by atoms with Gasteiger partial charge in [0.1, 0.15) is 11.9 Å². The first kappa shape index (κ1) is 26.6. The lowest BCUT2D eigenvalue weighted by molar-refractivity contribution is -0.148. The quantitative estimate of drug-likeness (QED) is 0.0507. The average molecular weight is 467 g/mol. The number of ether oxygens (including phenoxy) is 2. The number of carbonyl (C=O) groups is 3. The molecule has 1 heterocycles. The van der Waals surface area contributed by atoms with Crippen LogP contribution in [-0.2, 0) is 23.9 Å². The van der Waals surface area contributed by atoms with E-state index in [0.29, 0.717) is 43.0 Å². The zero-order valence-electron chi connectivity index (χ0n) is 19.4. The summed E-state index contributed by atoms with van der Waals surface area (Å²) in [5, 5.41) is 9.78. The van der Waals surface area contributed by atoms with Crippen LogP contribution in [0.15, 0.2) is 17.3 Å². The number of hydrogen-bond acceptors (Lipinski definition) is 9. The van der Waals surface area contributed by atoms with Gasteiger partial charge in [-0.15, -0.1) is 0 Å². The molecule has 1 saturated carbocycles. The molecule has 186 valence electrons. The van der Waals surface area contributed by atoms with Crippen LogP contribution in [0, 0.1) is 17.8 Å². The number of hydrogen-bond donors (Lipinski definition) is 5. The molecule has 11 nitrogen and oxygen atoms in total. The number of amides is 1. The fraction of sp³-hybridized carbons (Fsp3) is 0.727. The summed E-state index contributed by atoms with van der Waals surface area (Å²) >= 11 is 0. The Balaban J connectivity index is 1.64. The van der Waals surface area contributed by atoms with Crippen LogP contribution in [0.25, 0.3) is 0 Å². The average Bonchev–Trinajstić information content (AvgIpc) is 2.81. The molecule has 4 atom stereocenters. The standard InChI is InChI=1S/C22H38N6O5/c1-2-32-21(30)9-8-20(29)25-10-3-11-33-22(31)18-13-17-12-15(4-6-16(17)14-26-18)5-7-19(23)27-28-24/h8-9,15-18,26,28H,2-7,10-14,24H2,1H3,(H2,23,27)(H,25,29)/b9-8+. The third kappa shape index (κ3) is 9.79. The van der Waals surface area contributed by atoms with E-state index in [2.05, 4.69) is 21.3 Å². The minimum atomic E-state index is -0.560. The Hall–Kier alpha value is -2.66. The van der Waals surface area contributed by atoms with E-state index in [1.54, 1.807) is 6.92 Å².